The van der Waals surface area contributed by atoms with Crippen molar-refractivity contribution in [1.82, 2.24) is 4.98 Å². The molecule has 3 N–H and O–H groups in total. The van der Waals surface area contributed by atoms with Gasteiger partial charge in [0.25, 0.3) is 0 Å². The van der Waals surface area contributed by atoms with E-state index in [1.165, 1.54) is 4.90 Å². The fraction of sp³-hybridized carbons (Fsp3) is 0.400. The molecule has 0 bridgehead atoms. The van der Waals surface area contributed by atoms with Crippen molar-refractivity contribution >= 4 is 11.7 Å². The molecule has 0 aromatic carbocycles. The van der Waals surface area contributed by atoms with Crippen molar-refractivity contribution in [1.29, 1.82) is 0 Å². The van der Waals surface area contributed by atoms with Crippen molar-refractivity contribution in [3.8, 4) is 0 Å². The second-order valence-electron chi connectivity index (χ2n) is 3.71. The van der Waals surface area contributed by atoms with Crippen LogP contribution in [0.5, 0.6) is 0 Å². The first-order valence-corrected chi connectivity index (χ1v) is 4.96. The Morgan fingerprint density at radius 3 is 2.82 bits per heavy atom. The van der Waals surface area contributed by atoms with Gasteiger partial charge in [0.15, 0.2) is 11.6 Å². The summed E-state index contributed by atoms with van der Waals surface area (Å²) >= 11 is 0. The fourth-order valence-electron chi connectivity index (χ4n) is 1.36. The molecule has 5 nitrogen and oxygen atoms in total. The van der Waals surface area contributed by atoms with E-state index in [0.29, 0.717) is 0 Å². The van der Waals surface area contributed by atoms with Crippen molar-refractivity contribution in [2.45, 2.75) is 19.4 Å². The summed E-state index contributed by atoms with van der Waals surface area (Å²) < 4.78 is 26.1. The highest BCUT2D eigenvalue weighted by molar-refractivity contribution is 5.80. The first-order chi connectivity index (χ1) is 7.95. The molecule has 0 fully saturated rings. The number of aromatic nitrogens is 1. The third kappa shape index (κ3) is 3.27. The molecule has 7 heteroatoms. The number of nitrogens with zero attached hydrogens (tertiary/aromatic N) is 3. The Balaban J connectivity index is 2.85. The summed E-state index contributed by atoms with van der Waals surface area (Å²) in [6.45, 7) is 1.75. The van der Waals surface area contributed by atoms with Gasteiger partial charge < -0.3 is 15.8 Å². The summed E-state index contributed by atoms with van der Waals surface area (Å²) in [5.74, 6) is -1.43. The first kappa shape index (κ1) is 13.1. The lowest BCUT2D eigenvalue weighted by molar-refractivity contribution is 0.316. The quantitative estimate of drug-likeness (QED) is 0.362. The van der Waals surface area contributed by atoms with Crippen LogP contribution in [0.15, 0.2) is 17.4 Å². The van der Waals surface area contributed by atoms with E-state index in [1.54, 1.807) is 14.0 Å². The monoisotopic (exact) mass is 244 g/mol. The van der Waals surface area contributed by atoms with Gasteiger partial charge in [0.2, 0.25) is 0 Å². The summed E-state index contributed by atoms with van der Waals surface area (Å²) in [5.41, 5.74) is 5.35. The Hall–Kier alpha value is -1.92. The van der Waals surface area contributed by atoms with Crippen LogP contribution in [0.4, 0.5) is 14.6 Å². The molecule has 0 saturated heterocycles. The molecule has 1 heterocycles. The molecule has 0 radical (unpaired) electrons. The van der Waals surface area contributed by atoms with Crippen LogP contribution in [0.3, 0.4) is 0 Å². The van der Waals surface area contributed by atoms with Gasteiger partial charge in [-0.15, -0.1) is 0 Å². The Kier molecular flexibility index (Phi) is 4.19. The topological polar surface area (TPSA) is 74.7 Å². The van der Waals surface area contributed by atoms with Crippen LogP contribution in [-0.2, 0) is 0 Å². The number of oxime groups is 1. The lowest BCUT2D eigenvalue weighted by Gasteiger charge is -2.25. The summed E-state index contributed by atoms with van der Waals surface area (Å²) in [5, 5.41) is 11.3. The minimum atomic E-state index is -0.751. The van der Waals surface area contributed by atoms with Crippen LogP contribution in [0.1, 0.15) is 13.3 Å². The maximum atomic E-state index is 13.4. The maximum absolute atomic E-state index is 13.4. The van der Waals surface area contributed by atoms with E-state index in [4.69, 9.17) is 10.9 Å². The van der Waals surface area contributed by atoms with Crippen LogP contribution >= 0.6 is 0 Å². The van der Waals surface area contributed by atoms with Gasteiger partial charge in [0, 0.05) is 25.6 Å². The zero-order valence-electron chi connectivity index (χ0n) is 9.56. The molecule has 0 amide bonds. The van der Waals surface area contributed by atoms with Crippen LogP contribution in [-0.4, -0.2) is 29.1 Å². The number of halogens is 2. The van der Waals surface area contributed by atoms with Gasteiger partial charge >= 0.3 is 0 Å². The number of pyridine rings is 1. The SMILES string of the molecule is CC(CC(N)=NO)N(C)c1ncc(F)cc1F. The molecule has 0 aliphatic rings. The molecule has 94 valence electrons. The average molecular weight is 244 g/mol. The second kappa shape index (κ2) is 5.42. The summed E-state index contributed by atoms with van der Waals surface area (Å²) in [6, 6.07) is 0.521. The maximum Gasteiger partial charge on any atom is 0.168 e. The van der Waals surface area contributed by atoms with Crippen LogP contribution in [0.25, 0.3) is 0 Å². The predicted molar refractivity (Wildman–Crippen MR) is 60.0 cm³/mol. The average Bonchev–Trinajstić information content (AvgIpc) is 2.28. The van der Waals surface area contributed by atoms with E-state index < -0.39 is 11.6 Å². The van der Waals surface area contributed by atoms with Crippen LogP contribution in [0.2, 0.25) is 0 Å². The standard InChI is InChI=1S/C10H14F2N4O/c1-6(3-9(13)15-17)16(2)10-8(12)4-7(11)5-14-10/h4-6,17H,3H2,1-2H3,(H2,13,15). The van der Waals surface area contributed by atoms with Gasteiger partial charge in [-0.2, -0.15) is 0 Å². The lowest BCUT2D eigenvalue weighted by Crippen LogP contribution is -2.34. The van der Waals surface area contributed by atoms with Crippen molar-refractivity contribution in [3.05, 3.63) is 23.9 Å². The van der Waals surface area contributed by atoms with Gasteiger partial charge in [-0.25, -0.2) is 13.8 Å². The molecular weight excluding hydrogens is 230 g/mol. The smallest absolute Gasteiger partial charge is 0.168 e. The number of hydrogen-bond acceptors (Lipinski definition) is 4. The summed E-state index contributed by atoms with van der Waals surface area (Å²) in [4.78, 5) is 5.16. The Morgan fingerprint density at radius 2 is 2.29 bits per heavy atom. The van der Waals surface area contributed by atoms with Gasteiger partial charge in [0.05, 0.1) is 6.20 Å². The van der Waals surface area contributed by atoms with Crippen LogP contribution < -0.4 is 10.6 Å². The Morgan fingerprint density at radius 1 is 1.65 bits per heavy atom. The highest BCUT2D eigenvalue weighted by Gasteiger charge is 2.17. The minimum absolute atomic E-state index is 0.0182. The van der Waals surface area contributed by atoms with E-state index in [9.17, 15) is 8.78 Å². The Labute approximate surface area is 97.6 Å². The third-order valence-corrected chi connectivity index (χ3v) is 2.42. The molecule has 0 aliphatic carbocycles. The van der Waals surface area contributed by atoms with Gasteiger partial charge in [0.1, 0.15) is 11.7 Å². The number of hydrogen-bond donors (Lipinski definition) is 2. The molecular formula is C10H14F2N4O. The van der Waals surface area contributed by atoms with Gasteiger partial charge in [-0.3, -0.25) is 0 Å². The molecule has 1 rings (SSSR count). The number of amidine groups is 1. The van der Waals surface area contributed by atoms with Crippen molar-refractivity contribution < 1.29 is 14.0 Å². The largest absolute Gasteiger partial charge is 0.409 e. The number of nitrogens with two attached hydrogens (primary N) is 1. The fourth-order valence-corrected chi connectivity index (χ4v) is 1.36. The van der Waals surface area contributed by atoms with E-state index in [0.717, 1.165) is 12.3 Å². The highest BCUT2D eigenvalue weighted by Crippen LogP contribution is 2.18. The number of anilines is 1. The lowest BCUT2D eigenvalue weighted by atomic mass is 10.2. The molecule has 0 aliphatic heterocycles. The zero-order chi connectivity index (χ0) is 13.0. The van der Waals surface area contributed by atoms with Crippen molar-refractivity contribution in [2.75, 3.05) is 11.9 Å². The summed E-state index contributed by atoms with van der Waals surface area (Å²) in [6.07, 6.45) is 1.18. The second-order valence-corrected chi connectivity index (χ2v) is 3.71. The molecule has 1 aromatic heterocycles. The van der Waals surface area contributed by atoms with Gasteiger partial charge in [-0.05, 0) is 6.92 Å². The van der Waals surface area contributed by atoms with Crippen LogP contribution in [0, 0.1) is 11.6 Å². The molecule has 0 saturated carbocycles. The first-order valence-electron chi connectivity index (χ1n) is 4.96. The Bertz CT molecular complexity index is 425. The predicted octanol–water partition coefficient (Wildman–Crippen LogP) is 1.32. The molecule has 1 aromatic rings. The molecule has 1 unspecified atom stereocenters. The van der Waals surface area contributed by atoms with Gasteiger partial charge in [-0.1, -0.05) is 5.16 Å². The molecule has 0 spiro atoms. The number of rotatable bonds is 4. The van der Waals surface area contributed by atoms with E-state index in [-0.39, 0.29) is 24.1 Å². The normalized spacial score (nSPS) is 13.5. The van der Waals surface area contributed by atoms with E-state index in [1.807, 2.05) is 0 Å². The third-order valence-electron chi connectivity index (χ3n) is 2.42. The minimum Gasteiger partial charge on any atom is -0.409 e. The highest BCUT2D eigenvalue weighted by atomic mass is 19.1. The van der Waals surface area contributed by atoms with E-state index in [2.05, 4.69) is 10.1 Å². The molecule has 17 heavy (non-hydrogen) atoms. The zero-order valence-corrected chi connectivity index (χ0v) is 9.56. The van der Waals surface area contributed by atoms with Crippen molar-refractivity contribution in [3.63, 3.8) is 0 Å². The molecule has 1 atom stereocenters. The van der Waals surface area contributed by atoms with E-state index >= 15 is 0 Å². The summed E-state index contributed by atoms with van der Waals surface area (Å²) in [7, 11) is 1.60. The van der Waals surface area contributed by atoms with Crippen molar-refractivity contribution in [2.24, 2.45) is 10.9 Å².